The summed E-state index contributed by atoms with van der Waals surface area (Å²) in [5.74, 6) is 0.475. The minimum atomic E-state index is -0.364. The van der Waals surface area contributed by atoms with Crippen molar-refractivity contribution in [2.75, 3.05) is 0 Å². The zero-order chi connectivity index (χ0) is 17.3. The third-order valence-corrected chi connectivity index (χ3v) is 4.37. The SMILES string of the molecule is Cn1nnn(-c2cccc(Br)c2COc2ccc(O)cc2Cl)c1=O. The first-order valence-electron chi connectivity index (χ1n) is 6.85. The number of hydrogen-bond donors (Lipinski definition) is 1. The first-order chi connectivity index (χ1) is 11.5. The molecule has 124 valence electrons. The highest BCUT2D eigenvalue weighted by atomic mass is 79.9. The van der Waals surface area contributed by atoms with Gasteiger partial charge in [0.1, 0.15) is 18.1 Å². The zero-order valence-electron chi connectivity index (χ0n) is 12.5. The van der Waals surface area contributed by atoms with Gasteiger partial charge in [-0.05, 0) is 34.7 Å². The number of hydrogen-bond acceptors (Lipinski definition) is 5. The van der Waals surface area contributed by atoms with Gasteiger partial charge in [0.2, 0.25) is 0 Å². The molecule has 0 aliphatic heterocycles. The second-order valence-corrected chi connectivity index (χ2v) is 6.20. The highest BCUT2D eigenvalue weighted by molar-refractivity contribution is 9.10. The second kappa shape index (κ2) is 6.66. The number of aromatic hydroxyl groups is 1. The first kappa shape index (κ1) is 16.5. The lowest BCUT2D eigenvalue weighted by molar-refractivity contribution is 0.304. The van der Waals surface area contributed by atoms with E-state index in [4.69, 9.17) is 16.3 Å². The maximum Gasteiger partial charge on any atom is 0.368 e. The molecule has 1 aromatic heterocycles. The fourth-order valence-electron chi connectivity index (χ4n) is 2.11. The summed E-state index contributed by atoms with van der Waals surface area (Å²) >= 11 is 9.50. The second-order valence-electron chi connectivity index (χ2n) is 4.94. The van der Waals surface area contributed by atoms with Crippen LogP contribution >= 0.6 is 27.5 Å². The summed E-state index contributed by atoms with van der Waals surface area (Å²) in [7, 11) is 1.52. The standard InChI is InChI=1S/C15H12BrClN4O3/c1-20-15(23)21(19-18-20)13-4-2-3-11(16)10(13)8-24-14-6-5-9(22)7-12(14)17/h2-7,22H,8H2,1H3. The smallest absolute Gasteiger partial charge is 0.368 e. The normalized spacial score (nSPS) is 10.8. The molecule has 1 heterocycles. The molecule has 2 aromatic carbocycles. The number of aryl methyl sites for hydroxylation is 1. The average Bonchev–Trinajstić information content (AvgIpc) is 2.87. The van der Waals surface area contributed by atoms with E-state index in [0.717, 1.165) is 9.15 Å². The molecule has 1 N–H and O–H groups in total. The number of halogens is 2. The van der Waals surface area contributed by atoms with E-state index >= 15 is 0 Å². The Labute approximate surface area is 150 Å². The Bertz CT molecular complexity index is 954. The van der Waals surface area contributed by atoms with E-state index in [1.54, 1.807) is 18.2 Å². The van der Waals surface area contributed by atoms with Gasteiger partial charge in [0.15, 0.2) is 0 Å². The highest BCUT2D eigenvalue weighted by Crippen LogP contribution is 2.30. The topological polar surface area (TPSA) is 82.2 Å². The number of ether oxygens (including phenoxy) is 1. The van der Waals surface area contributed by atoms with Gasteiger partial charge in [-0.2, -0.15) is 9.36 Å². The van der Waals surface area contributed by atoms with Crippen LogP contribution in [0.5, 0.6) is 11.5 Å². The average molecular weight is 412 g/mol. The molecule has 0 amide bonds. The van der Waals surface area contributed by atoms with Gasteiger partial charge < -0.3 is 9.84 Å². The van der Waals surface area contributed by atoms with E-state index in [2.05, 4.69) is 26.4 Å². The van der Waals surface area contributed by atoms with Crippen molar-refractivity contribution in [2.45, 2.75) is 6.61 Å². The Kier molecular flexibility index (Phi) is 4.59. The third-order valence-electron chi connectivity index (χ3n) is 3.33. The predicted molar refractivity (Wildman–Crippen MR) is 91.7 cm³/mol. The summed E-state index contributed by atoms with van der Waals surface area (Å²) in [6, 6.07) is 9.82. The summed E-state index contributed by atoms with van der Waals surface area (Å²) in [6.45, 7) is 0.143. The summed E-state index contributed by atoms with van der Waals surface area (Å²) in [5, 5.41) is 17.3. The number of nitrogens with zero attached hydrogens (tertiary/aromatic N) is 4. The first-order valence-corrected chi connectivity index (χ1v) is 8.02. The molecular weight excluding hydrogens is 400 g/mol. The number of rotatable bonds is 4. The van der Waals surface area contributed by atoms with E-state index < -0.39 is 0 Å². The summed E-state index contributed by atoms with van der Waals surface area (Å²) in [5.41, 5.74) is 0.902. The van der Waals surface area contributed by atoms with E-state index in [1.807, 2.05) is 6.07 Å². The van der Waals surface area contributed by atoms with Crippen LogP contribution in [0.15, 0.2) is 45.7 Å². The lowest BCUT2D eigenvalue weighted by Crippen LogP contribution is -2.23. The van der Waals surface area contributed by atoms with Crippen molar-refractivity contribution in [1.29, 1.82) is 0 Å². The van der Waals surface area contributed by atoms with Gasteiger partial charge in [0, 0.05) is 23.2 Å². The Morgan fingerprint density at radius 1 is 1.29 bits per heavy atom. The van der Waals surface area contributed by atoms with Gasteiger partial charge >= 0.3 is 5.69 Å². The van der Waals surface area contributed by atoms with Gasteiger partial charge in [-0.15, -0.1) is 0 Å². The molecule has 0 spiro atoms. The molecule has 3 aromatic rings. The monoisotopic (exact) mass is 410 g/mol. The van der Waals surface area contributed by atoms with Gasteiger partial charge in [-0.3, -0.25) is 0 Å². The molecule has 3 rings (SSSR count). The Morgan fingerprint density at radius 3 is 2.75 bits per heavy atom. The number of tetrazole rings is 1. The molecule has 0 bridgehead atoms. The van der Waals surface area contributed by atoms with E-state index in [9.17, 15) is 9.90 Å². The van der Waals surface area contributed by atoms with Crippen molar-refractivity contribution in [2.24, 2.45) is 7.05 Å². The van der Waals surface area contributed by atoms with Crippen LogP contribution in [0.3, 0.4) is 0 Å². The molecule has 0 radical (unpaired) electrons. The number of benzene rings is 2. The van der Waals surface area contributed by atoms with Crippen LogP contribution in [0.25, 0.3) is 5.69 Å². The van der Waals surface area contributed by atoms with E-state index in [-0.39, 0.29) is 18.0 Å². The van der Waals surface area contributed by atoms with Gasteiger partial charge in [0.25, 0.3) is 0 Å². The number of aromatic nitrogens is 4. The largest absolute Gasteiger partial charge is 0.508 e. The van der Waals surface area contributed by atoms with Gasteiger partial charge in [0.05, 0.1) is 10.7 Å². The molecule has 0 saturated heterocycles. The summed E-state index contributed by atoms with van der Waals surface area (Å²) in [6.07, 6.45) is 0. The Morgan fingerprint density at radius 2 is 2.08 bits per heavy atom. The molecule has 0 aliphatic rings. The van der Waals surface area contributed by atoms with Crippen molar-refractivity contribution in [3.63, 3.8) is 0 Å². The molecule has 0 unspecified atom stereocenters. The van der Waals surface area contributed by atoms with Crippen LogP contribution in [0.1, 0.15) is 5.56 Å². The lowest BCUT2D eigenvalue weighted by Gasteiger charge is -2.13. The molecule has 0 aliphatic carbocycles. The lowest BCUT2D eigenvalue weighted by atomic mass is 10.2. The van der Waals surface area contributed by atoms with Crippen LogP contribution in [0.2, 0.25) is 5.02 Å². The van der Waals surface area contributed by atoms with Crippen LogP contribution < -0.4 is 10.4 Å². The van der Waals surface area contributed by atoms with Crippen molar-refractivity contribution >= 4 is 27.5 Å². The van der Waals surface area contributed by atoms with Crippen LogP contribution in [-0.4, -0.2) is 24.9 Å². The van der Waals surface area contributed by atoms with E-state index in [0.29, 0.717) is 22.0 Å². The van der Waals surface area contributed by atoms with Crippen LogP contribution in [-0.2, 0) is 13.7 Å². The summed E-state index contributed by atoms with van der Waals surface area (Å²) in [4.78, 5) is 12.1. The van der Waals surface area contributed by atoms with Crippen molar-refractivity contribution in [3.05, 3.63) is 61.9 Å². The quantitative estimate of drug-likeness (QED) is 0.714. The minimum absolute atomic E-state index is 0.0556. The maximum absolute atomic E-state index is 12.1. The molecule has 0 saturated carbocycles. The molecule has 9 heteroatoms. The predicted octanol–water partition coefficient (Wildman–Crippen LogP) is 2.67. The molecule has 0 atom stereocenters. The molecule has 24 heavy (non-hydrogen) atoms. The fourth-order valence-corrected chi connectivity index (χ4v) is 2.81. The van der Waals surface area contributed by atoms with Crippen molar-refractivity contribution in [3.8, 4) is 17.2 Å². The Hall–Kier alpha value is -2.32. The van der Waals surface area contributed by atoms with Crippen LogP contribution in [0, 0.1) is 0 Å². The van der Waals surface area contributed by atoms with Crippen molar-refractivity contribution in [1.82, 2.24) is 19.8 Å². The maximum atomic E-state index is 12.1. The van der Waals surface area contributed by atoms with Crippen molar-refractivity contribution < 1.29 is 9.84 Å². The highest BCUT2D eigenvalue weighted by Gasteiger charge is 2.15. The third kappa shape index (κ3) is 3.15. The molecular formula is C15H12BrClN4O3. The number of phenolic OH excluding ortho intramolecular Hbond substituents is 1. The van der Waals surface area contributed by atoms with E-state index in [1.165, 1.54) is 23.9 Å². The number of phenols is 1. The molecule has 0 fully saturated rings. The van der Waals surface area contributed by atoms with Gasteiger partial charge in [-0.1, -0.05) is 33.6 Å². The Balaban J connectivity index is 1.96. The zero-order valence-corrected chi connectivity index (χ0v) is 14.8. The summed E-state index contributed by atoms with van der Waals surface area (Å²) < 4.78 is 8.82. The van der Waals surface area contributed by atoms with Crippen LogP contribution in [0.4, 0.5) is 0 Å². The minimum Gasteiger partial charge on any atom is -0.508 e. The van der Waals surface area contributed by atoms with Gasteiger partial charge in [-0.25, -0.2) is 4.79 Å². The fraction of sp³-hybridized carbons (Fsp3) is 0.133. The molecule has 7 nitrogen and oxygen atoms in total.